The molecule has 6 heteroatoms. The zero-order valence-corrected chi connectivity index (χ0v) is 10.8. The monoisotopic (exact) mass is 248 g/mol. The highest BCUT2D eigenvalue weighted by Crippen LogP contribution is 2.04. The first-order valence-corrected chi connectivity index (χ1v) is 5.65. The zero-order chi connectivity index (χ0) is 13.4. The van der Waals surface area contributed by atoms with Crippen LogP contribution in [0.15, 0.2) is 34.3 Å². The molecule has 0 amide bonds. The fourth-order valence-electron chi connectivity index (χ4n) is 1.39. The Hall–Kier alpha value is -2.24. The molecule has 6 nitrogen and oxygen atoms in total. The van der Waals surface area contributed by atoms with Crippen LogP contribution < -0.4 is 22.1 Å². The highest BCUT2D eigenvalue weighted by Gasteiger charge is 1.97. The molecule has 0 fully saturated rings. The van der Waals surface area contributed by atoms with E-state index in [1.54, 1.807) is 14.1 Å². The molecule has 0 aliphatic rings. The Balaban J connectivity index is 2.56. The van der Waals surface area contributed by atoms with E-state index in [-0.39, 0.29) is 0 Å². The molecule has 0 unspecified atom stereocenters. The smallest absolute Gasteiger partial charge is 0.188 e. The van der Waals surface area contributed by atoms with E-state index >= 15 is 0 Å². The third kappa shape index (κ3) is 4.73. The van der Waals surface area contributed by atoms with Crippen molar-refractivity contribution >= 4 is 11.9 Å². The number of nitrogens with two attached hydrogens (primary N) is 2. The number of hydrogen-bond acceptors (Lipinski definition) is 2. The van der Waals surface area contributed by atoms with Gasteiger partial charge in [-0.15, -0.1) is 0 Å². The summed E-state index contributed by atoms with van der Waals surface area (Å²) in [7, 11) is 3.30. The molecule has 0 radical (unpaired) electrons. The number of aliphatic imine (C=N–C) groups is 2. The van der Waals surface area contributed by atoms with Crippen LogP contribution in [-0.4, -0.2) is 26.0 Å². The van der Waals surface area contributed by atoms with E-state index in [1.165, 1.54) is 0 Å². The molecule has 0 bridgehead atoms. The summed E-state index contributed by atoms with van der Waals surface area (Å²) in [6, 6.07) is 8.12. The average Bonchev–Trinajstić information content (AvgIpc) is 2.42. The molecule has 0 heterocycles. The minimum Gasteiger partial charge on any atom is -0.370 e. The Kier molecular flexibility index (Phi) is 5.50. The van der Waals surface area contributed by atoms with Gasteiger partial charge in [-0.3, -0.25) is 9.98 Å². The first-order valence-electron chi connectivity index (χ1n) is 5.65. The van der Waals surface area contributed by atoms with Crippen molar-refractivity contribution in [2.75, 3.05) is 14.1 Å². The second-order valence-corrected chi connectivity index (χ2v) is 3.74. The van der Waals surface area contributed by atoms with Crippen molar-refractivity contribution in [1.82, 2.24) is 10.6 Å². The summed E-state index contributed by atoms with van der Waals surface area (Å²) < 4.78 is 0. The number of benzene rings is 1. The van der Waals surface area contributed by atoms with Crippen LogP contribution in [-0.2, 0) is 13.1 Å². The van der Waals surface area contributed by atoms with Crippen LogP contribution in [0.3, 0.4) is 0 Å². The molecule has 1 aromatic carbocycles. The van der Waals surface area contributed by atoms with Crippen LogP contribution in [0.4, 0.5) is 0 Å². The van der Waals surface area contributed by atoms with Crippen LogP contribution >= 0.6 is 0 Å². The maximum Gasteiger partial charge on any atom is 0.188 e. The Morgan fingerprint density at radius 1 is 1.00 bits per heavy atom. The summed E-state index contributed by atoms with van der Waals surface area (Å²) in [5.41, 5.74) is 13.4. The lowest BCUT2D eigenvalue weighted by Crippen LogP contribution is -2.31. The maximum absolute atomic E-state index is 5.57. The third-order valence-corrected chi connectivity index (χ3v) is 2.42. The van der Waals surface area contributed by atoms with Crippen LogP contribution in [0.2, 0.25) is 0 Å². The highest BCUT2D eigenvalue weighted by atomic mass is 15.1. The largest absolute Gasteiger partial charge is 0.370 e. The van der Waals surface area contributed by atoms with Gasteiger partial charge in [0.05, 0.1) is 0 Å². The normalized spacial score (nSPS) is 12.3. The summed E-state index contributed by atoms with van der Waals surface area (Å²) in [5, 5.41) is 6.02. The lowest BCUT2D eigenvalue weighted by molar-refractivity contribution is 0.874. The van der Waals surface area contributed by atoms with Gasteiger partial charge in [-0.2, -0.15) is 0 Å². The molecule has 0 saturated carbocycles. The topological polar surface area (TPSA) is 101 Å². The van der Waals surface area contributed by atoms with Crippen molar-refractivity contribution in [2.24, 2.45) is 21.5 Å². The summed E-state index contributed by atoms with van der Waals surface area (Å²) >= 11 is 0. The zero-order valence-electron chi connectivity index (χ0n) is 10.8. The summed E-state index contributed by atoms with van der Waals surface area (Å²) in [6.45, 7) is 1.29. The number of rotatable bonds is 4. The van der Waals surface area contributed by atoms with Crippen molar-refractivity contribution < 1.29 is 0 Å². The van der Waals surface area contributed by atoms with Gasteiger partial charge in [0.15, 0.2) is 11.9 Å². The van der Waals surface area contributed by atoms with Crippen molar-refractivity contribution in [2.45, 2.75) is 13.1 Å². The van der Waals surface area contributed by atoms with Gasteiger partial charge in [-0.25, -0.2) is 0 Å². The summed E-state index contributed by atoms with van der Waals surface area (Å²) in [4.78, 5) is 7.67. The predicted molar refractivity (Wildman–Crippen MR) is 75.2 cm³/mol. The van der Waals surface area contributed by atoms with Crippen LogP contribution in [0.5, 0.6) is 0 Å². The van der Waals surface area contributed by atoms with Crippen LogP contribution in [0.25, 0.3) is 0 Å². The van der Waals surface area contributed by atoms with Gasteiger partial charge < -0.3 is 22.1 Å². The fourth-order valence-corrected chi connectivity index (χ4v) is 1.39. The van der Waals surface area contributed by atoms with E-state index in [2.05, 4.69) is 26.7 Å². The molecule has 1 rings (SSSR count). The summed E-state index contributed by atoms with van der Waals surface area (Å²) in [6.07, 6.45) is 0. The van der Waals surface area contributed by atoms with Gasteiger partial charge in [0, 0.05) is 27.2 Å². The molecular weight excluding hydrogens is 228 g/mol. The van der Waals surface area contributed by atoms with Crippen LogP contribution in [0, 0.1) is 0 Å². The minimum atomic E-state index is 0.431. The van der Waals surface area contributed by atoms with E-state index in [0.29, 0.717) is 25.0 Å². The maximum atomic E-state index is 5.57. The first-order chi connectivity index (χ1) is 8.65. The molecular formula is C12H20N6. The molecule has 6 N–H and O–H groups in total. The Morgan fingerprint density at radius 2 is 1.44 bits per heavy atom. The van der Waals surface area contributed by atoms with Gasteiger partial charge in [0.25, 0.3) is 0 Å². The Morgan fingerprint density at radius 3 is 1.83 bits per heavy atom. The Labute approximate surface area is 107 Å². The quantitative estimate of drug-likeness (QED) is 0.436. The fraction of sp³-hybridized carbons (Fsp3) is 0.333. The van der Waals surface area contributed by atoms with Gasteiger partial charge in [0.2, 0.25) is 0 Å². The first kappa shape index (κ1) is 13.8. The van der Waals surface area contributed by atoms with Gasteiger partial charge in [-0.1, -0.05) is 24.3 Å². The molecule has 0 atom stereocenters. The van der Waals surface area contributed by atoms with Crippen molar-refractivity contribution in [3.63, 3.8) is 0 Å². The molecule has 98 valence electrons. The number of nitrogens with zero attached hydrogens (tertiary/aromatic N) is 2. The van der Waals surface area contributed by atoms with E-state index < -0.39 is 0 Å². The van der Waals surface area contributed by atoms with Crippen molar-refractivity contribution in [3.05, 3.63) is 35.4 Å². The molecule has 0 spiro atoms. The van der Waals surface area contributed by atoms with Gasteiger partial charge in [-0.05, 0) is 11.1 Å². The molecule has 0 aliphatic heterocycles. The molecule has 1 aromatic rings. The molecule has 0 aromatic heterocycles. The summed E-state index contributed by atoms with van der Waals surface area (Å²) in [5.74, 6) is 0.863. The lowest BCUT2D eigenvalue weighted by Gasteiger charge is -2.08. The minimum absolute atomic E-state index is 0.431. The second kappa shape index (κ2) is 7.16. The Bertz CT molecular complexity index is 401. The third-order valence-electron chi connectivity index (χ3n) is 2.42. The average molecular weight is 248 g/mol. The lowest BCUT2D eigenvalue weighted by atomic mass is 10.1. The van der Waals surface area contributed by atoms with Crippen molar-refractivity contribution in [3.8, 4) is 0 Å². The SMILES string of the molecule is CN=C(N)NCc1cccc(CNC(N)=NC)c1. The van der Waals surface area contributed by atoms with E-state index in [0.717, 1.165) is 11.1 Å². The second-order valence-electron chi connectivity index (χ2n) is 3.74. The van der Waals surface area contributed by atoms with Crippen LogP contribution in [0.1, 0.15) is 11.1 Å². The van der Waals surface area contributed by atoms with Crippen molar-refractivity contribution in [1.29, 1.82) is 0 Å². The van der Waals surface area contributed by atoms with E-state index in [1.807, 2.05) is 18.2 Å². The number of nitrogens with one attached hydrogen (secondary N) is 2. The van der Waals surface area contributed by atoms with Gasteiger partial charge in [0.1, 0.15) is 0 Å². The number of guanidine groups is 2. The highest BCUT2D eigenvalue weighted by molar-refractivity contribution is 5.78. The predicted octanol–water partition coefficient (Wildman–Crippen LogP) is -0.245. The standard InChI is InChI=1S/C12H20N6/c1-15-11(13)17-7-9-4-3-5-10(6-9)8-18-12(14)16-2/h3-6H,7-8H2,1-2H3,(H3,13,15,17)(H3,14,16,18). The number of hydrogen-bond donors (Lipinski definition) is 4. The molecule has 0 saturated heterocycles. The van der Waals surface area contributed by atoms with Gasteiger partial charge >= 0.3 is 0 Å². The van der Waals surface area contributed by atoms with E-state index in [9.17, 15) is 0 Å². The molecule has 18 heavy (non-hydrogen) atoms. The molecule has 0 aliphatic carbocycles. The van der Waals surface area contributed by atoms with E-state index in [4.69, 9.17) is 11.5 Å².